The van der Waals surface area contributed by atoms with Crippen molar-refractivity contribution in [3.8, 4) is 0 Å². The van der Waals surface area contributed by atoms with Crippen LogP contribution in [0.15, 0.2) is 29.4 Å². The monoisotopic (exact) mass is 408 g/mol. The van der Waals surface area contributed by atoms with Gasteiger partial charge in [0.25, 0.3) is 0 Å². The van der Waals surface area contributed by atoms with Gasteiger partial charge in [0.1, 0.15) is 11.1 Å². The van der Waals surface area contributed by atoms with E-state index in [2.05, 4.69) is 15.5 Å². The zero-order valence-corrected chi connectivity index (χ0v) is 16.9. The van der Waals surface area contributed by atoms with Crippen LogP contribution >= 0.6 is 11.8 Å². The van der Waals surface area contributed by atoms with Gasteiger partial charge >= 0.3 is 5.97 Å². The van der Waals surface area contributed by atoms with Crippen molar-refractivity contribution in [3.63, 3.8) is 0 Å². The van der Waals surface area contributed by atoms with E-state index < -0.39 is 0 Å². The molecule has 0 saturated carbocycles. The predicted molar refractivity (Wildman–Crippen MR) is 105 cm³/mol. The molecule has 152 valence electrons. The fourth-order valence-corrected chi connectivity index (χ4v) is 3.80. The Balaban J connectivity index is 1.73. The first-order chi connectivity index (χ1) is 13.6. The van der Waals surface area contributed by atoms with E-state index in [4.69, 9.17) is 9.47 Å². The number of hydrogen-bond acceptors (Lipinski definition) is 7. The van der Waals surface area contributed by atoms with E-state index in [0.29, 0.717) is 24.9 Å². The largest absolute Gasteiger partial charge is 0.465 e. The van der Waals surface area contributed by atoms with Crippen LogP contribution in [0, 0.1) is 5.82 Å². The third-order valence-corrected chi connectivity index (χ3v) is 5.46. The number of thioether (sulfide) groups is 1. The lowest BCUT2D eigenvalue weighted by atomic mass is 10.2. The molecule has 7 nitrogen and oxygen atoms in total. The molecule has 0 amide bonds. The van der Waals surface area contributed by atoms with Crippen LogP contribution in [0.3, 0.4) is 0 Å². The maximum atomic E-state index is 13.1. The third-order valence-electron chi connectivity index (χ3n) is 4.40. The van der Waals surface area contributed by atoms with E-state index >= 15 is 0 Å². The van der Waals surface area contributed by atoms with Crippen LogP contribution in [0.4, 0.5) is 10.1 Å². The minimum atomic E-state index is -0.384. The first-order valence-electron chi connectivity index (χ1n) is 9.43. The van der Waals surface area contributed by atoms with Crippen LogP contribution < -0.4 is 5.32 Å². The van der Waals surface area contributed by atoms with Crippen LogP contribution in [0.1, 0.15) is 32.5 Å². The van der Waals surface area contributed by atoms with E-state index in [1.165, 1.54) is 23.9 Å². The molecule has 0 aliphatic carbocycles. The van der Waals surface area contributed by atoms with Gasteiger partial charge in [-0.15, -0.1) is 10.2 Å². The van der Waals surface area contributed by atoms with E-state index in [1.54, 1.807) is 26.0 Å². The van der Waals surface area contributed by atoms with Crippen molar-refractivity contribution in [2.75, 3.05) is 18.5 Å². The molecule has 9 heteroatoms. The Morgan fingerprint density at radius 3 is 2.89 bits per heavy atom. The maximum absolute atomic E-state index is 13.1. The molecule has 2 unspecified atom stereocenters. The second-order valence-corrected chi connectivity index (χ2v) is 7.82. The van der Waals surface area contributed by atoms with Gasteiger partial charge in [0.2, 0.25) is 0 Å². The van der Waals surface area contributed by atoms with Crippen molar-refractivity contribution in [1.82, 2.24) is 14.8 Å². The molecule has 2 atom stereocenters. The van der Waals surface area contributed by atoms with Crippen molar-refractivity contribution in [3.05, 3.63) is 35.9 Å². The van der Waals surface area contributed by atoms with Crippen molar-refractivity contribution < 1.29 is 18.7 Å². The first-order valence-corrected chi connectivity index (χ1v) is 10.3. The number of aromatic nitrogens is 3. The van der Waals surface area contributed by atoms with Crippen molar-refractivity contribution in [2.24, 2.45) is 0 Å². The average Bonchev–Trinajstić information content (AvgIpc) is 3.33. The van der Waals surface area contributed by atoms with E-state index in [9.17, 15) is 9.18 Å². The van der Waals surface area contributed by atoms with Gasteiger partial charge < -0.3 is 19.4 Å². The highest BCUT2D eigenvalue weighted by Crippen LogP contribution is 2.25. The number of anilines is 1. The normalized spacial score (nSPS) is 17.5. The SMILES string of the molecule is CCOC(=O)C(C)Sc1nnc(CNc2ccc(F)cc2)n1CC1CCCO1. The minimum absolute atomic E-state index is 0.109. The summed E-state index contributed by atoms with van der Waals surface area (Å²) >= 11 is 1.33. The van der Waals surface area contributed by atoms with Gasteiger partial charge in [-0.05, 0) is 51.0 Å². The molecule has 1 aromatic heterocycles. The lowest BCUT2D eigenvalue weighted by Gasteiger charge is -2.16. The van der Waals surface area contributed by atoms with E-state index in [-0.39, 0.29) is 23.1 Å². The molecular weight excluding hydrogens is 383 g/mol. The molecule has 1 fully saturated rings. The maximum Gasteiger partial charge on any atom is 0.319 e. The van der Waals surface area contributed by atoms with Crippen LogP contribution in [0.5, 0.6) is 0 Å². The average molecular weight is 408 g/mol. The van der Waals surface area contributed by atoms with Crippen molar-refractivity contribution >= 4 is 23.4 Å². The van der Waals surface area contributed by atoms with E-state index in [1.807, 2.05) is 4.57 Å². The molecule has 1 aliphatic heterocycles. The second-order valence-electron chi connectivity index (χ2n) is 6.52. The van der Waals surface area contributed by atoms with Gasteiger partial charge in [-0.25, -0.2) is 4.39 Å². The van der Waals surface area contributed by atoms with Gasteiger partial charge in [-0.1, -0.05) is 11.8 Å². The summed E-state index contributed by atoms with van der Waals surface area (Å²) in [6.45, 7) is 5.75. The number of benzene rings is 1. The number of halogens is 1. The van der Waals surface area contributed by atoms with Gasteiger partial charge in [0, 0.05) is 12.3 Å². The highest BCUT2D eigenvalue weighted by Gasteiger charge is 2.24. The van der Waals surface area contributed by atoms with Crippen LogP contribution in [-0.4, -0.2) is 45.3 Å². The minimum Gasteiger partial charge on any atom is -0.465 e. The number of nitrogens with zero attached hydrogens (tertiary/aromatic N) is 3. The Labute approximate surface area is 168 Å². The van der Waals surface area contributed by atoms with Gasteiger partial charge in [0.15, 0.2) is 11.0 Å². The summed E-state index contributed by atoms with van der Waals surface area (Å²) < 4.78 is 25.9. The fraction of sp³-hybridized carbons (Fsp3) is 0.526. The molecule has 1 aromatic carbocycles. The summed E-state index contributed by atoms with van der Waals surface area (Å²) in [5.74, 6) is 0.183. The lowest BCUT2D eigenvalue weighted by Crippen LogP contribution is -2.21. The molecule has 2 heterocycles. The summed E-state index contributed by atoms with van der Waals surface area (Å²) in [6.07, 6.45) is 2.14. The number of ether oxygens (including phenoxy) is 2. The topological polar surface area (TPSA) is 78.3 Å². The lowest BCUT2D eigenvalue weighted by molar-refractivity contribution is -0.142. The Morgan fingerprint density at radius 1 is 1.43 bits per heavy atom. The number of hydrogen-bond donors (Lipinski definition) is 1. The Bertz CT molecular complexity index is 778. The molecule has 0 radical (unpaired) electrons. The fourth-order valence-electron chi connectivity index (χ4n) is 2.93. The standard InChI is InChI=1S/C19H25FN4O3S/c1-3-26-18(25)13(2)28-19-23-22-17(24(19)12-16-5-4-10-27-16)11-21-15-8-6-14(20)7-9-15/h6-9,13,16,21H,3-5,10-12H2,1-2H3. The summed E-state index contributed by atoms with van der Waals surface area (Å²) in [5.41, 5.74) is 0.794. The quantitative estimate of drug-likeness (QED) is 0.504. The van der Waals surface area contributed by atoms with Crippen molar-refractivity contribution in [1.29, 1.82) is 0 Å². The zero-order chi connectivity index (χ0) is 19.9. The number of carbonyl (C=O) groups is 1. The van der Waals surface area contributed by atoms with Crippen LogP contribution in [0.2, 0.25) is 0 Å². The summed E-state index contributed by atoms with van der Waals surface area (Å²) in [6, 6.07) is 6.16. The Hall–Kier alpha value is -2.13. The Morgan fingerprint density at radius 2 is 2.21 bits per heavy atom. The van der Waals surface area contributed by atoms with E-state index in [0.717, 1.165) is 31.0 Å². The summed E-state index contributed by atoms with van der Waals surface area (Å²) in [4.78, 5) is 12.0. The molecule has 1 aliphatic rings. The Kier molecular flexibility index (Phi) is 7.27. The smallest absolute Gasteiger partial charge is 0.319 e. The number of nitrogens with one attached hydrogen (secondary N) is 1. The number of carbonyl (C=O) groups excluding carboxylic acids is 1. The molecule has 28 heavy (non-hydrogen) atoms. The number of rotatable bonds is 9. The number of esters is 1. The highest BCUT2D eigenvalue weighted by molar-refractivity contribution is 8.00. The summed E-state index contributed by atoms with van der Waals surface area (Å²) in [7, 11) is 0. The highest BCUT2D eigenvalue weighted by atomic mass is 32.2. The van der Waals surface area contributed by atoms with Gasteiger partial charge in [-0.2, -0.15) is 0 Å². The van der Waals surface area contributed by atoms with Crippen molar-refractivity contribution in [2.45, 2.75) is 56.3 Å². The van der Waals surface area contributed by atoms with Gasteiger partial charge in [0.05, 0.1) is 25.8 Å². The first kappa shape index (κ1) is 20.6. The molecule has 1 saturated heterocycles. The third kappa shape index (κ3) is 5.45. The predicted octanol–water partition coefficient (Wildman–Crippen LogP) is 3.25. The van der Waals surface area contributed by atoms with Crippen LogP contribution in [0.25, 0.3) is 0 Å². The molecular formula is C19H25FN4O3S. The molecule has 3 rings (SSSR count). The van der Waals surface area contributed by atoms with Gasteiger partial charge in [-0.3, -0.25) is 4.79 Å². The molecule has 2 aromatic rings. The summed E-state index contributed by atoms with van der Waals surface area (Å²) in [5, 5.41) is 12.1. The zero-order valence-electron chi connectivity index (χ0n) is 16.1. The van der Waals surface area contributed by atoms with Crippen LogP contribution in [-0.2, 0) is 27.4 Å². The molecule has 1 N–H and O–H groups in total. The second kappa shape index (κ2) is 9.88. The molecule has 0 spiro atoms. The molecule has 0 bridgehead atoms.